The molecule has 0 spiro atoms. The van der Waals surface area contributed by atoms with Gasteiger partial charge in [-0.25, -0.2) is 4.39 Å². The van der Waals surface area contributed by atoms with Crippen molar-refractivity contribution in [3.05, 3.63) is 0 Å². The van der Waals surface area contributed by atoms with Crippen molar-refractivity contribution in [2.45, 2.75) is 26.4 Å². The molecular weight excluding hydrogens is 225 g/mol. The Kier molecular flexibility index (Phi) is 6.34. The zero-order valence-electron chi connectivity index (χ0n) is 7.52. The maximum Gasteiger partial charge on any atom is 0.225 e. The molecule has 2 nitrogen and oxygen atoms in total. The van der Waals surface area contributed by atoms with Gasteiger partial charge in [0.05, 0.1) is 6.42 Å². The normalized spacial score (nSPS) is 12.7. The number of nitrogens with zero attached hydrogens (tertiary/aromatic N) is 1. The van der Waals surface area contributed by atoms with Crippen LogP contribution in [0.1, 0.15) is 20.3 Å². The second kappa shape index (κ2) is 6.40. The highest BCUT2D eigenvalue weighted by molar-refractivity contribution is 9.09. The number of halogens is 2. The SMILES string of the molecule is CCN(CC)C(=O)CC(F)CBr. The molecule has 0 radical (unpaired) electrons. The molecular formula is C8H15BrFNO. The van der Waals surface area contributed by atoms with Gasteiger partial charge in [0.25, 0.3) is 0 Å². The van der Waals surface area contributed by atoms with E-state index in [9.17, 15) is 9.18 Å². The number of amides is 1. The van der Waals surface area contributed by atoms with Crippen LogP contribution in [0.2, 0.25) is 0 Å². The number of alkyl halides is 2. The van der Waals surface area contributed by atoms with Crippen molar-refractivity contribution in [3.63, 3.8) is 0 Å². The minimum atomic E-state index is -1.06. The third-order valence-corrected chi connectivity index (χ3v) is 2.38. The zero-order chi connectivity index (χ0) is 9.56. The van der Waals surface area contributed by atoms with Crippen LogP contribution in [0.3, 0.4) is 0 Å². The first-order valence-corrected chi connectivity index (χ1v) is 5.25. The predicted molar refractivity (Wildman–Crippen MR) is 51.2 cm³/mol. The topological polar surface area (TPSA) is 20.3 Å². The first-order chi connectivity index (χ1) is 5.65. The van der Waals surface area contributed by atoms with E-state index in [0.717, 1.165) is 0 Å². The molecule has 0 aliphatic heterocycles. The van der Waals surface area contributed by atoms with Gasteiger partial charge in [0.1, 0.15) is 6.17 Å². The van der Waals surface area contributed by atoms with Crippen molar-refractivity contribution in [1.29, 1.82) is 0 Å². The summed E-state index contributed by atoms with van der Waals surface area (Å²) in [6.07, 6.45) is -1.06. The summed E-state index contributed by atoms with van der Waals surface area (Å²) in [6.45, 7) is 5.10. The highest BCUT2D eigenvalue weighted by Gasteiger charge is 2.15. The minimum Gasteiger partial charge on any atom is -0.343 e. The number of hydrogen-bond donors (Lipinski definition) is 0. The van der Waals surface area contributed by atoms with Gasteiger partial charge in [-0.3, -0.25) is 4.79 Å². The zero-order valence-corrected chi connectivity index (χ0v) is 9.10. The molecule has 0 fully saturated rings. The summed E-state index contributed by atoms with van der Waals surface area (Å²) in [4.78, 5) is 12.9. The molecule has 12 heavy (non-hydrogen) atoms. The standard InChI is InChI=1S/C8H15BrFNO/c1-3-11(4-2)8(12)5-7(10)6-9/h7H,3-6H2,1-2H3. The molecule has 0 aromatic carbocycles. The third-order valence-electron chi connectivity index (χ3n) is 1.68. The second-order valence-electron chi connectivity index (χ2n) is 2.52. The van der Waals surface area contributed by atoms with E-state index in [0.29, 0.717) is 13.1 Å². The molecule has 0 saturated heterocycles. The van der Waals surface area contributed by atoms with Gasteiger partial charge in [-0.15, -0.1) is 0 Å². The number of hydrogen-bond acceptors (Lipinski definition) is 1. The first-order valence-electron chi connectivity index (χ1n) is 4.13. The molecule has 0 rings (SSSR count). The van der Waals surface area contributed by atoms with Crippen LogP contribution in [0.5, 0.6) is 0 Å². The van der Waals surface area contributed by atoms with Crippen LogP contribution in [0.15, 0.2) is 0 Å². The lowest BCUT2D eigenvalue weighted by atomic mass is 10.2. The third kappa shape index (κ3) is 4.04. The van der Waals surface area contributed by atoms with E-state index in [1.807, 2.05) is 13.8 Å². The first kappa shape index (κ1) is 11.9. The Morgan fingerprint density at radius 1 is 1.50 bits per heavy atom. The fourth-order valence-corrected chi connectivity index (χ4v) is 1.18. The smallest absolute Gasteiger partial charge is 0.225 e. The average Bonchev–Trinajstić information content (AvgIpc) is 2.06. The Balaban J connectivity index is 3.84. The van der Waals surface area contributed by atoms with Gasteiger partial charge in [0.2, 0.25) is 5.91 Å². The fraction of sp³-hybridized carbons (Fsp3) is 0.875. The van der Waals surface area contributed by atoms with Crippen molar-refractivity contribution in [2.75, 3.05) is 18.4 Å². The molecule has 0 saturated carbocycles. The van der Waals surface area contributed by atoms with Gasteiger partial charge < -0.3 is 4.90 Å². The fourth-order valence-electron chi connectivity index (χ4n) is 0.949. The van der Waals surface area contributed by atoms with Crippen LogP contribution >= 0.6 is 15.9 Å². The number of carbonyl (C=O) groups is 1. The van der Waals surface area contributed by atoms with Gasteiger partial charge in [-0.2, -0.15) is 0 Å². The molecule has 1 amide bonds. The van der Waals surface area contributed by atoms with E-state index < -0.39 is 6.17 Å². The van der Waals surface area contributed by atoms with Gasteiger partial charge in [0, 0.05) is 18.4 Å². The van der Waals surface area contributed by atoms with Gasteiger partial charge in [-0.1, -0.05) is 15.9 Å². The highest BCUT2D eigenvalue weighted by atomic mass is 79.9. The Morgan fingerprint density at radius 2 is 2.00 bits per heavy atom. The molecule has 0 aliphatic carbocycles. The number of carbonyl (C=O) groups excluding carboxylic acids is 1. The molecule has 1 atom stereocenters. The van der Waals surface area contributed by atoms with E-state index in [-0.39, 0.29) is 17.7 Å². The van der Waals surface area contributed by atoms with Gasteiger partial charge >= 0.3 is 0 Å². The summed E-state index contributed by atoms with van der Waals surface area (Å²) in [6, 6.07) is 0. The van der Waals surface area contributed by atoms with E-state index >= 15 is 0 Å². The maximum absolute atomic E-state index is 12.7. The molecule has 0 N–H and O–H groups in total. The summed E-state index contributed by atoms with van der Waals surface area (Å²) in [7, 11) is 0. The highest BCUT2D eigenvalue weighted by Crippen LogP contribution is 2.05. The van der Waals surface area contributed by atoms with Crippen molar-refractivity contribution in [3.8, 4) is 0 Å². The Hall–Kier alpha value is -0.120. The lowest BCUT2D eigenvalue weighted by molar-refractivity contribution is -0.131. The Labute approximate surface area is 81.2 Å². The van der Waals surface area contributed by atoms with E-state index in [2.05, 4.69) is 15.9 Å². The van der Waals surface area contributed by atoms with Crippen LogP contribution < -0.4 is 0 Å². The van der Waals surface area contributed by atoms with Crippen LogP contribution in [-0.4, -0.2) is 35.4 Å². The Morgan fingerprint density at radius 3 is 2.33 bits per heavy atom. The maximum atomic E-state index is 12.7. The molecule has 72 valence electrons. The molecule has 1 unspecified atom stereocenters. The summed E-state index contributed by atoms with van der Waals surface area (Å²) < 4.78 is 12.7. The largest absolute Gasteiger partial charge is 0.343 e. The molecule has 4 heteroatoms. The van der Waals surface area contributed by atoms with E-state index in [4.69, 9.17) is 0 Å². The molecule has 0 aliphatic rings. The van der Waals surface area contributed by atoms with Crippen LogP contribution in [-0.2, 0) is 4.79 Å². The molecule has 0 aromatic rings. The van der Waals surface area contributed by atoms with E-state index in [1.54, 1.807) is 4.90 Å². The summed E-state index contributed by atoms with van der Waals surface area (Å²) in [5.41, 5.74) is 0. The minimum absolute atomic E-state index is 0.00701. The van der Waals surface area contributed by atoms with Crippen LogP contribution in [0.4, 0.5) is 4.39 Å². The Bertz CT molecular complexity index is 139. The summed E-state index contributed by atoms with van der Waals surface area (Å²) in [5.74, 6) is -0.105. The quantitative estimate of drug-likeness (QED) is 0.673. The second-order valence-corrected chi connectivity index (χ2v) is 3.17. The van der Waals surface area contributed by atoms with Crippen molar-refractivity contribution in [1.82, 2.24) is 4.90 Å². The number of rotatable bonds is 5. The monoisotopic (exact) mass is 239 g/mol. The molecule has 0 heterocycles. The lowest BCUT2D eigenvalue weighted by Gasteiger charge is -2.19. The van der Waals surface area contributed by atoms with Gasteiger partial charge in [0.15, 0.2) is 0 Å². The summed E-state index contributed by atoms with van der Waals surface area (Å²) >= 11 is 2.99. The summed E-state index contributed by atoms with van der Waals surface area (Å²) in [5, 5.41) is 0.236. The van der Waals surface area contributed by atoms with Crippen molar-refractivity contribution < 1.29 is 9.18 Å². The van der Waals surface area contributed by atoms with Crippen LogP contribution in [0.25, 0.3) is 0 Å². The van der Waals surface area contributed by atoms with Gasteiger partial charge in [-0.05, 0) is 13.8 Å². The van der Waals surface area contributed by atoms with Crippen LogP contribution in [0, 0.1) is 0 Å². The van der Waals surface area contributed by atoms with Crippen molar-refractivity contribution >= 4 is 21.8 Å². The lowest BCUT2D eigenvalue weighted by Crippen LogP contribution is -2.32. The molecule has 0 aromatic heterocycles. The van der Waals surface area contributed by atoms with E-state index in [1.165, 1.54) is 0 Å². The van der Waals surface area contributed by atoms with Crippen molar-refractivity contribution in [2.24, 2.45) is 0 Å². The predicted octanol–water partition coefficient (Wildman–Crippen LogP) is 1.98. The average molecular weight is 240 g/mol. The molecule has 0 bridgehead atoms.